The first-order chi connectivity index (χ1) is 13.7. The Morgan fingerprint density at radius 3 is 2.64 bits per heavy atom. The van der Waals surface area contributed by atoms with Gasteiger partial charge >= 0.3 is 0 Å². The summed E-state index contributed by atoms with van der Waals surface area (Å²) in [6.45, 7) is 8.52. The third kappa shape index (κ3) is 3.91. The highest BCUT2D eigenvalue weighted by Gasteiger charge is 2.29. The summed E-state index contributed by atoms with van der Waals surface area (Å²) in [5.74, 6) is 0.0145. The van der Waals surface area contributed by atoms with Crippen molar-refractivity contribution in [3.8, 4) is 0 Å². The lowest BCUT2D eigenvalue weighted by molar-refractivity contribution is 0.0953. The molecule has 4 rings (SSSR count). The maximum atomic E-state index is 12.5. The number of fused-ring (bicyclic) bond motifs is 2. The van der Waals surface area contributed by atoms with E-state index >= 15 is 0 Å². The number of anilines is 2. The van der Waals surface area contributed by atoms with Gasteiger partial charge in [-0.15, -0.1) is 0 Å². The Bertz CT molecular complexity index is 847. The molecule has 2 aromatic rings. The van der Waals surface area contributed by atoms with Crippen LogP contribution < -0.4 is 10.2 Å². The summed E-state index contributed by atoms with van der Waals surface area (Å²) in [4.78, 5) is 20.1. The van der Waals surface area contributed by atoms with Gasteiger partial charge in [0.15, 0.2) is 0 Å². The molecule has 5 heteroatoms. The number of amides is 1. The van der Waals surface area contributed by atoms with E-state index in [1.54, 1.807) is 11.8 Å². The fraction of sp³-hybridized carbons (Fsp3) is 0.435. The van der Waals surface area contributed by atoms with Gasteiger partial charge in [0.05, 0.1) is 11.4 Å². The van der Waals surface area contributed by atoms with E-state index in [0.717, 1.165) is 24.2 Å². The normalized spacial score (nSPS) is 17.1. The third-order valence-corrected chi connectivity index (χ3v) is 6.65. The van der Waals surface area contributed by atoms with Crippen molar-refractivity contribution in [2.75, 3.05) is 31.1 Å². The van der Waals surface area contributed by atoms with Crippen LogP contribution in [0.2, 0.25) is 0 Å². The third-order valence-electron chi connectivity index (χ3n) is 5.52. The fourth-order valence-electron chi connectivity index (χ4n) is 4.16. The van der Waals surface area contributed by atoms with Crippen molar-refractivity contribution in [3.05, 3.63) is 48.0 Å². The number of carbonyl (C=O) groups excluding carboxylic acids is 1. The van der Waals surface area contributed by atoms with Gasteiger partial charge in [0, 0.05) is 34.5 Å². The largest absolute Gasteiger partial charge is 0.352 e. The summed E-state index contributed by atoms with van der Waals surface area (Å²) in [7, 11) is 0. The smallest absolute Gasteiger partial charge is 0.251 e. The first-order valence-corrected chi connectivity index (χ1v) is 11.2. The molecule has 28 heavy (non-hydrogen) atoms. The second-order valence-corrected chi connectivity index (χ2v) is 8.82. The van der Waals surface area contributed by atoms with Crippen LogP contribution in [0.15, 0.2) is 52.3 Å². The number of benzene rings is 2. The Hall–Kier alpha value is -1.98. The van der Waals surface area contributed by atoms with E-state index in [9.17, 15) is 4.79 Å². The van der Waals surface area contributed by atoms with Crippen LogP contribution in [0.4, 0.5) is 11.4 Å². The molecule has 1 N–H and O–H groups in total. The molecule has 2 aliphatic heterocycles. The SMILES string of the molecule is CCCNC(=O)c1ccc2c(c1)N([C@@H](C)CN1CCCC1)c1ccccc1S2. The zero-order valence-corrected chi connectivity index (χ0v) is 17.6. The Morgan fingerprint density at radius 2 is 1.86 bits per heavy atom. The Morgan fingerprint density at radius 1 is 1.11 bits per heavy atom. The van der Waals surface area contributed by atoms with Crippen molar-refractivity contribution >= 4 is 29.0 Å². The van der Waals surface area contributed by atoms with E-state index in [0.29, 0.717) is 12.6 Å². The van der Waals surface area contributed by atoms with Crippen LogP contribution in [0.25, 0.3) is 0 Å². The van der Waals surface area contributed by atoms with Crippen molar-refractivity contribution < 1.29 is 4.79 Å². The van der Waals surface area contributed by atoms with Crippen LogP contribution in [-0.4, -0.2) is 43.0 Å². The second-order valence-electron chi connectivity index (χ2n) is 7.73. The molecule has 2 heterocycles. The molecule has 0 bridgehead atoms. The lowest BCUT2D eigenvalue weighted by atomic mass is 10.1. The summed E-state index contributed by atoms with van der Waals surface area (Å²) in [5.41, 5.74) is 3.14. The quantitative estimate of drug-likeness (QED) is 0.754. The predicted molar refractivity (Wildman–Crippen MR) is 117 cm³/mol. The number of hydrogen-bond donors (Lipinski definition) is 1. The molecule has 1 fully saturated rings. The number of carbonyl (C=O) groups is 1. The fourth-order valence-corrected chi connectivity index (χ4v) is 5.21. The Labute approximate surface area is 172 Å². The molecule has 2 aromatic carbocycles. The molecule has 148 valence electrons. The van der Waals surface area contributed by atoms with Gasteiger partial charge in [0.2, 0.25) is 0 Å². The minimum absolute atomic E-state index is 0.0145. The highest BCUT2D eigenvalue weighted by atomic mass is 32.2. The van der Waals surface area contributed by atoms with Crippen molar-refractivity contribution in [1.29, 1.82) is 0 Å². The number of rotatable bonds is 6. The molecule has 0 saturated carbocycles. The van der Waals surface area contributed by atoms with Crippen molar-refractivity contribution in [2.45, 2.75) is 48.9 Å². The van der Waals surface area contributed by atoms with E-state index in [-0.39, 0.29) is 5.91 Å². The Balaban J connectivity index is 1.68. The van der Waals surface area contributed by atoms with E-state index in [4.69, 9.17) is 0 Å². The zero-order chi connectivity index (χ0) is 19.5. The lowest BCUT2D eigenvalue weighted by Gasteiger charge is -2.39. The van der Waals surface area contributed by atoms with Gasteiger partial charge in [-0.2, -0.15) is 0 Å². The average molecular weight is 396 g/mol. The molecule has 1 amide bonds. The van der Waals surface area contributed by atoms with E-state index < -0.39 is 0 Å². The number of nitrogens with zero attached hydrogens (tertiary/aromatic N) is 2. The molecule has 4 nitrogen and oxygen atoms in total. The molecule has 0 spiro atoms. The molecule has 1 atom stereocenters. The van der Waals surface area contributed by atoms with Crippen LogP contribution in [0.5, 0.6) is 0 Å². The number of hydrogen-bond acceptors (Lipinski definition) is 4. The predicted octanol–water partition coefficient (Wildman–Crippen LogP) is 4.91. The zero-order valence-electron chi connectivity index (χ0n) is 16.8. The van der Waals surface area contributed by atoms with Crippen molar-refractivity contribution in [3.63, 3.8) is 0 Å². The molecular weight excluding hydrogens is 366 g/mol. The monoisotopic (exact) mass is 395 g/mol. The molecule has 1 saturated heterocycles. The van der Waals surface area contributed by atoms with Crippen LogP contribution in [0.1, 0.15) is 43.5 Å². The average Bonchev–Trinajstić information content (AvgIpc) is 3.22. The van der Waals surface area contributed by atoms with Crippen LogP contribution >= 0.6 is 11.8 Å². The summed E-state index contributed by atoms with van der Waals surface area (Å²) in [6, 6.07) is 15.1. The van der Waals surface area contributed by atoms with E-state index in [1.807, 2.05) is 6.07 Å². The highest BCUT2D eigenvalue weighted by molar-refractivity contribution is 7.99. The maximum absolute atomic E-state index is 12.5. The molecule has 0 radical (unpaired) electrons. The van der Waals surface area contributed by atoms with Crippen molar-refractivity contribution in [1.82, 2.24) is 10.2 Å². The summed E-state index contributed by atoms with van der Waals surface area (Å²) in [5, 5.41) is 3.00. The van der Waals surface area contributed by atoms with Gasteiger partial charge < -0.3 is 15.1 Å². The lowest BCUT2D eigenvalue weighted by Crippen LogP contribution is -2.40. The second kappa shape index (κ2) is 8.58. The van der Waals surface area contributed by atoms with Crippen LogP contribution in [-0.2, 0) is 0 Å². The van der Waals surface area contributed by atoms with Crippen LogP contribution in [0.3, 0.4) is 0 Å². The summed E-state index contributed by atoms with van der Waals surface area (Å²) < 4.78 is 0. The molecule has 0 aliphatic carbocycles. The topological polar surface area (TPSA) is 35.6 Å². The number of likely N-dealkylation sites (tertiary alicyclic amines) is 1. The van der Waals surface area contributed by atoms with Gasteiger partial charge in [0.1, 0.15) is 0 Å². The van der Waals surface area contributed by atoms with Gasteiger partial charge in [0.25, 0.3) is 5.91 Å². The molecule has 2 aliphatic rings. The standard InChI is InChI=1S/C23H29N3OS/c1-3-12-24-23(27)18-10-11-22-20(15-18)26(17(2)16-25-13-6-7-14-25)19-8-4-5-9-21(19)28-22/h4-5,8-11,15,17H,3,6-7,12-14,16H2,1-2H3,(H,24,27)/t17-/m0/s1. The first-order valence-electron chi connectivity index (χ1n) is 10.4. The minimum atomic E-state index is 0.0145. The molecule has 0 unspecified atom stereocenters. The Kier molecular flexibility index (Phi) is 5.93. The van der Waals surface area contributed by atoms with E-state index in [1.165, 1.54) is 41.4 Å². The van der Waals surface area contributed by atoms with Gasteiger partial charge in [-0.25, -0.2) is 0 Å². The summed E-state index contributed by atoms with van der Waals surface area (Å²) >= 11 is 1.80. The minimum Gasteiger partial charge on any atom is -0.352 e. The van der Waals surface area contributed by atoms with Crippen LogP contribution in [0, 0.1) is 0 Å². The van der Waals surface area contributed by atoms with Gasteiger partial charge in [-0.1, -0.05) is 30.8 Å². The molecular formula is C23H29N3OS. The molecule has 0 aromatic heterocycles. The first kappa shape index (κ1) is 19.3. The maximum Gasteiger partial charge on any atom is 0.251 e. The van der Waals surface area contributed by atoms with Gasteiger partial charge in [-0.3, -0.25) is 4.79 Å². The summed E-state index contributed by atoms with van der Waals surface area (Å²) in [6.07, 6.45) is 3.55. The highest BCUT2D eigenvalue weighted by Crippen LogP contribution is 2.49. The van der Waals surface area contributed by atoms with E-state index in [2.05, 4.69) is 65.4 Å². The number of para-hydroxylation sites is 1. The van der Waals surface area contributed by atoms with Crippen molar-refractivity contribution in [2.24, 2.45) is 0 Å². The van der Waals surface area contributed by atoms with Gasteiger partial charge in [-0.05, 0) is 69.6 Å². The number of nitrogens with one attached hydrogen (secondary N) is 1.